The molecule has 0 bridgehead atoms. The Kier molecular flexibility index (Phi) is 3.39. The van der Waals surface area contributed by atoms with E-state index >= 15 is 0 Å². The topological polar surface area (TPSA) is 73.2 Å². The minimum atomic E-state index is -0.499. The van der Waals surface area contributed by atoms with Gasteiger partial charge in [-0.25, -0.2) is 9.78 Å². The van der Waals surface area contributed by atoms with E-state index in [1.54, 1.807) is 29.7 Å². The molecule has 2 heterocycles. The monoisotopic (exact) mass is 305 g/mol. The van der Waals surface area contributed by atoms with Crippen molar-refractivity contribution in [2.75, 3.05) is 11.9 Å². The standard InChI is InChI=1S/C14H12ClN3O3/c1-2-21-14(20)11-6-16-13-9-4-3-8(15)5-10(9)17-12(19)7-18(11)13/h3-6H,2,7H2,1H3,(H,17,19). The molecule has 1 aliphatic rings. The zero-order valence-electron chi connectivity index (χ0n) is 11.2. The Morgan fingerprint density at radius 3 is 3.10 bits per heavy atom. The number of nitrogens with one attached hydrogen (secondary N) is 1. The van der Waals surface area contributed by atoms with E-state index < -0.39 is 5.97 Å². The van der Waals surface area contributed by atoms with Crippen LogP contribution in [-0.2, 0) is 16.1 Å². The first-order chi connectivity index (χ1) is 10.1. The van der Waals surface area contributed by atoms with Crippen LogP contribution in [0.4, 0.5) is 5.69 Å². The summed E-state index contributed by atoms with van der Waals surface area (Å²) in [5, 5.41) is 3.27. The molecule has 0 aliphatic carbocycles. The van der Waals surface area contributed by atoms with E-state index in [2.05, 4.69) is 10.3 Å². The number of carbonyl (C=O) groups excluding carboxylic acids is 2. The molecule has 1 aliphatic heterocycles. The van der Waals surface area contributed by atoms with Crippen LogP contribution >= 0.6 is 11.6 Å². The number of halogens is 1. The van der Waals surface area contributed by atoms with Gasteiger partial charge < -0.3 is 14.6 Å². The molecule has 0 unspecified atom stereocenters. The summed E-state index contributed by atoms with van der Waals surface area (Å²) in [6, 6.07) is 5.13. The molecule has 21 heavy (non-hydrogen) atoms. The Morgan fingerprint density at radius 1 is 1.52 bits per heavy atom. The Morgan fingerprint density at radius 2 is 2.33 bits per heavy atom. The molecular weight excluding hydrogens is 294 g/mol. The summed E-state index contributed by atoms with van der Waals surface area (Å²) in [6.07, 6.45) is 1.42. The van der Waals surface area contributed by atoms with Gasteiger partial charge in [0, 0.05) is 10.6 Å². The number of fused-ring (bicyclic) bond motifs is 3. The zero-order chi connectivity index (χ0) is 15.0. The van der Waals surface area contributed by atoms with Crippen LogP contribution in [-0.4, -0.2) is 28.0 Å². The van der Waals surface area contributed by atoms with Gasteiger partial charge in [0.05, 0.1) is 18.5 Å². The summed E-state index contributed by atoms with van der Waals surface area (Å²) in [6.45, 7) is 1.98. The number of nitrogens with zero attached hydrogens (tertiary/aromatic N) is 2. The second-order valence-corrected chi connectivity index (χ2v) is 4.95. The van der Waals surface area contributed by atoms with E-state index in [0.29, 0.717) is 22.1 Å². The van der Waals surface area contributed by atoms with Gasteiger partial charge in [-0.15, -0.1) is 0 Å². The van der Waals surface area contributed by atoms with E-state index in [1.165, 1.54) is 6.20 Å². The van der Waals surface area contributed by atoms with Gasteiger partial charge >= 0.3 is 5.97 Å². The van der Waals surface area contributed by atoms with Crippen LogP contribution in [0.25, 0.3) is 11.4 Å². The molecule has 7 heteroatoms. The van der Waals surface area contributed by atoms with Crippen LogP contribution in [0.2, 0.25) is 5.02 Å². The third-order valence-electron chi connectivity index (χ3n) is 3.14. The Labute approximate surface area is 125 Å². The number of hydrogen-bond donors (Lipinski definition) is 1. The molecule has 0 radical (unpaired) electrons. The van der Waals surface area contributed by atoms with Gasteiger partial charge in [0.15, 0.2) is 0 Å². The molecule has 1 aromatic heterocycles. The third-order valence-corrected chi connectivity index (χ3v) is 3.37. The number of ether oxygens (including phenoxy) is 1. The average molecular weight is 306 g/mol. The highest BCUT2D eigenvalue weighted by Gasteiger charge is 2.25. The van der Waals surface area contributed by atoms with Gasteiger partial charge in [0.2, 0.25) is 5.91 Å². The van der Waals surface area contributed by atoms with E-state index in [-0.39, 0.29) is 24.8 Å². The molecule has 1 aromatic carbocycles. The maximum Gasteiger partial charge on any atom is 0.356 e. The summed E-state index contributed by atoms with van der Waals surface area (Å²) < 4.78 is 6.53. The molecule has 3 rings (SSSR count). The molecule has 6 nitrogen and oxygen atoms in total. The summed E-state index contributed by atoms with van der Waals surface area (Å²) in [5.41, 5.74) is 1.54. The van der Waals surface area contributed by atoms with Gasteiger partial charge in [-0.2, -0.15) is 0 Å². The molecule has 108 valence electrons. The average Bonchev–Trinajstić information content (AvgIpc) is 2.77. The normalized spacial score (nSPS) is 13.0. The molecule has 2 aromatic rings. The van der Waals surface area contributed by atoms with Crippen molar-refractivity contribution in [1.82, 2.24) is 9.55 Å². The first-order valence-electron chi connectivity index (χ1n) is 6.42. The number of benzene rings is 1. The fraction of sp³-hybridized carbons (Fsp3) is 0.214. The van der Waals surface area contributed by atoms with Gasteiger partial charge in [-0.1, -0.05) is 11.6 Å². The van der Waals surface area contributed by atoms with Gasteiger partial charge in [-0.05, 0) is 25.1 Å². The van der Waals surface area contributed by atoms with Crippen molar-refractivity contribution < 1.29 is 14.3 Å². The fourth-order valence-electron chi connectivity index (χ4n) is 2.27. The number of hydrogen-bond acceptors (Lipinski definition) is 4. The lowest BCUT2D eigenvalue weighted by atomic mass is 10.1. The first kappa shape index (κ1) is 13.6. The van der Waals surface area contributed by atoms with Crippen molar-refractivity contribution in [3.8, 4) is 11.4 Å². The Hall–Kier alpha value is -2.34. The summed E-state index contributed by atoms with van der Waals surface area (Å²) in [5.74, 6) is -0.217. The van der Waals surface area contributed by atoms with Crippen LogP contribution < -0.4 is 5.32 Å². The lowest BCUT2D eigenvalue weighted by molar-refractivity contribution is -0.116. The fourth-order valence-corrected chi connectivity index (χ4v) is 2.44. The smallest absolute Gasteiger partial charge is 0.356 e. The minimum absolute atomic E-state index is 0.00419. The number of imidazole rings is 1. The number of amides is 1. The largest absolute Gasteiger partial charge is 0.461 e. The zero-order valence-corrected chi connectivity index (χ0v) is 12.0. The van der Waals surface area contributed by atoms with Crippen LogP contribution in [0, 0.1) is 0 Å². The van der Waals surface area contributed by atoms with Crippen molar-refractivity contribution >= 4 is 29.2 Å². The van der Waals surface area contributed by atoms with Crippen LogP contribution in [0.15, 0.2) is 24.4 Å². The van der Waals surface area contributed by atoms with Crippen LogP contribution in [0.3, 0.4) is 0 Å². The predicted octanol–water partition coefficient (Wildman–Crippen LogP) is 2.33. The molecule has 1 amide bonds. The number of carbonyl (C=O) groups is 2. The minimum Gasteiger partial charge on any atom is -0.461 e. The molecule has 0 saturated carbocycles. The number of rotatable bonds is 2. The van der Waals surface area contributed by atoms with Crippen LogP contribution in [0.1, 0.15) is 17.4 Å². The molecule has 0 atom stereocenters. The molecule has 1 N–H and O–H groups in total. The van der Waals surface area contributed by atoms with Crippen molar-refractivity contribution in [2.45, 2.75) is 13.5 Å². The SMILES string of the molecule is CCOC(=O)c1cnc2n1CC(=O)Nc1cc(Cl)ccc1-2. The van der Waals surface area contributed by atoms with E-state index in [9.17, 15) is 9.59 Å². The lowest BCUT2D eigenvalue weighted by Crippen LogP contribution is -2.20. The predicted molar refractivity (Wildman–Crippen MR) is 77.3 cm³/mol. The van der Waals surface area contributed by atoms with E-state index in [4.69, 9.17) is 16.3 Å². The third kappa shape index (κ3) is 2.38. The second-order valence-electron chi connectivity index (χ2n) is 4.51. The number of aromatic nitrogens is 2. The highest BCUT2D eigenvalue weighted by molar-refractivity contribution is 6.31. The summed E-state index contributed by atoms with van der Waals surface area (Å²) >= 11 is 5.95. The number of esters is 1. The first-order valence-corrected chi connectivity index (χ1v) is 6.80. The number of anilines is 1. The lowest BCUT2D eigenvalue weighted by Gasteiger charge is -2.07. The van der Waals surface area contributed by atoms with Crippen LogP contribution in [0.5, 0.6) is 0 Å². The van der Waals surface area contributed by atoms with Gasteiger partial charge in [0.1, 0.15) is 18.1 Å². The highest BCUT2D eigenvalue weighted by atomic mass is 35.5. The molecular formula is C14H12ClN3O3. The molecule has 0 fully saturated rings. The van der Waals surface area contributed by atoms with Crippen molar-refractivity contribution in [1.29, 1.82) is 0 Å². The van der Waals surface area contributed by atoms with E-state index in [0.717, 1.165) is 0 Å². The second kappa shape index (κ2) is 5.21. The van der Waals surface area contributed by atoms with E-state index in [1.807, 2.05) is 0 Å². The van der Waals surface area contributed by atoms with Gasteiger partial charge in [0.25, 0.3) is 0 Å². The molecule has 0 saturated heterocycles. The Balaban J connectivity index is 2.16. The van der Waals surface area contributed by atoms with Crippen molar-refractivity contribution in [2.24, 2.45) is 0 Å². The quantitative estimate of drug-likeness (QED) is 0.864. The highest BCUT2D eigenvalue weighted by Crippen LogP contribution is 2.32. The molecule has 0 spiro atoms. The van der Waals surface area contributed by atoms with Crippen molar-refractivity contribution in [3.63, 3.8) is 0 Å². The van der Waals surface area contributed by atoms with Crippen molar-refractivity contribution in [3.05, 3.63) is 35.1 Å². The maximum atomic E-state index is 12.0. The Bertz CT molecular complexity index is 739. The summed E-state index contributed by atoms with van der Waals surface area (Å²) in [7, 11) is 0. The summed E-state index contributed by atoms with van der Waals surface area (Å²) in [4.78, 5) is 28.2. The maximum absolute atomic E-state index is 12.0. The van der Waals surface area contributed by atoms with Gasteiger partial charge in [-0.3, -0.25) is 4.79 Å².